The maximum atomic E-state index is 12.8. The Morgan fingerprint density at radius 1 is 1.00 bits per heavy atom. The highest BCUT2D eigenvalue weighted by Gasteiger charge is 2.28. The summed E-state index contributed by atoms with van der Waals surface area (Å²) in [7, 11) is 0. The first-order chi connectivity index (χ1) is 16.0. The van der Waals surface area contributed by atoms with E-state index in [4.69, 9.17) is 10.8 Å². The summed E-state index contributed by atoms with van der Waals surface area (Å²) in [6, 6.07) is 3.71. The van der Waals surface area contributed by atoms with Gasteiger partial charge in [0.25, 0.3) is 0 Å². The number of fused-ring (bicyclic) bond motifs is 1. The van der Waals surface area contributed by atoms with E-state index in [1.54, 1.807) is 0 Å². The summed E-state index contributed by atoms with van der Waals surface area (Å²) in [5.41, 5.74) is 7.98. The molecular formula is C23H33N5O5S. The van der Waals surface area contributed by atoms with Crippen LogP contribution in [-0.2, 0) is 25.6 Å². The number of rotatable bonds is 12. The molecule has 0 aliphatic rings. The Kier molecular flexibility index (Phi) is 9.94. The number of benzene rings is 1. The number of nitrogens with two attached hydrogens (primary N) is 1. The lowest BCUT2D eigenvalue weighted by molar-refractivity contribution is -0.141. The lowest BCUT2D eigenvalue weighted by atomic mass is 10.0. The number of carbonyl (C=O) groups excluding carboxylic acids is 3. The smallest absolute Gasteiger partial charge is 0.327 e. The van der Waals surface area contributed by atoms with Crippen molar-refractivity contribution in [2.24, 2.45) is 11.7 Å². The minimum atomic E-state index is -1.23. The van der Waals surface area contributed by atoms with E-state index in [2.05, 4.69) is 33.6 Å². The van der Waals surface area contributed by atoms with Crippen molar-refractivity contribution in [3.05, 3.63) is 36.0 Å². The fourth-order valence-corrected chi connectivity index (χ4v) is 3.72. The van der Waals surface area contributed by atoms with Gasteiger partial charge in [-0.05, 0) is 37.3 Å². The Balaban J connectivity index is 2.01. The van der Waals surface area contributed by atoms with Crippen LogP contribution in [-0.4, -0.2) is 63.7 Å². The Hall–Kier alpha value is -3.05. The molecule has 1 aromatic carbocycles. The zero-order valence-electron chi connectivity index (χ0n) is 19.5. The molecule has 0 radical (unpaired) electrons. The molecule has 0 aliphatic heterocycles. The summed E-state index contributed by atoms with van der Waals surface area (Å²) in [6.45, 7) is 5.23. The number of aromatic nitrogens is 1. The molecule has 1 heterocycles. The topological polar surface area (TPSA) is 166 Å². The lowest BCUT2D eigenvalue weighted by Gasteiger charge is -2.24. The van der Waals surface area contributed by atoms with Gasteiger partial charge in [-0.25, -0.2) is 4.79 Å². The van der Waals surface area contributed by atoms with Crippen molar-refractivity contribution in [1.82, 2.24) is 20.9 Å². The number of aromatic amines is 1. The maximum absolute atomic E-state index is 12.8. The van der Waals surface area contributed by atoms with Gasteiger partial charge in [0.2, 0.25) is 17.7 Å². The normalized spacial score (nSPS) is 14.8. The van der Waals surface area contributed by atoms with E-state index >= 15 is 0 Å². The quantitative estimate of drug-likeness (QED) is 0.214. The first-order valence-corrected chi connectivity index (χ1v) is 11.7. The van der Waals surface area contributed by atoms with Crippen molar-refractivity contribution < 1.29 is 24.3 Å². The van der Waals surface area contributed by atoms with Crippen LogP contribution in [0.4, 0.5) is 0 Å². The number of carboxylic acid groups (broad SMARTS) is 1. The van der Waals surface area contributed by atoms with Crippen molar-refractivity contribution in [1.29, 1.82) is 0 Å². The van der Waals surface area contributed by atoms with Crippen molar-refractivity contribution in [2.45, 2.75) is 57.8 Å². The molecule has 34 heavy (non-hydrogen) atoms. The number of amides is 3. The molecule has 1 aromatic heterocycles. The summed E-state index contributed by atoms with van der Waals surface area (Å²) >= 11 is 3.90. The van der Waals surface area contributed by atoms with Crippen LogP contribution in [0.5, 0.6) is 0 Å². The number of hydrogen-bond donors (Lipinski definition) is 7. The van der Waals surface area contributed by atoms with E-state index in [1.165, 1.54) is 6.92 Å². The van der Waals surface area contributed by atoms with E-state index in [1.807, 2.05) is 44.3 Å². The van der Waals surface area contributed by atoms with Gasteiger partial charge in [0.15, 0.2) is 0 Å². The Bertz CT molecular complexity index is 1020. The van der Waals surface area contributed by atoms with Crippen molar-refractivity contribution in [3.63, 3.8) is 0 Å². The second kappa shape index (κ2) is 12.4. The predicted molar refractivity (Wildman–Crippen MR) is 132 cm³/mol. The highest BCUT2D eigenvalue weighted by molar-refractivity contribution is 7.80. The number of para-hydroxylation sites is 1. The molecule has 2 rings (SSSR count). The van der Waals surface area contributed by atoms with E-state index in [0.717, 1.165) is 16.5 Å². The number of H-pyrrole nitrogens is 1. The van der Waals surface area contributed by atoms with Gasteiger partial charge in [-0.15, -0.1) is 0 Å². The number of carboxylic acids is 1. The molecule has 0 bridgehead atoms. The molecular weight excluding hydrogens is 458 g/mol. The Morgan fingerprint density at radius 2 is 1.65 bits per heavy atom. The minimum Gasteiger partial charge on any atom is -0.480 e. The molecule has 0 saturated carbocycles. The van der Waals surface area contributed by atoms with Crippen molar-refractivity contribution >= 4 is 47.2 Å². The van der Waals surface area contributed by atoms with Gasteiger partial charge >= 0.3 is 5.97 Å². The summed E-state index contributed by atoms with van der Waals surface area (Å²) in [5.74, 6) is -2.95. The Labute approximate surface area is 203 Å². The molecule has 0 saturated heterocycles. The van der Waals surface area contributed by atoms with Crippen LogP contribution in [0.2, 0.25) is 0 Å². The third kappa shape index (κ3) is 7.49. The second-order valence-electron chi connectivity index (χ2n) is 8.67. The van der Waals surface area contributed by atoms with Crippen LogP contribution in [0.25, 0.3) is 10.9 Å². The zero-order chi connectivity index (χ0) is 25.4. The maximum Gasteiger partial charge on any atom is 0.327 e. The van der Waals surface area contributed by atoms with E-state index in [9.17, 15) is 19.2 Å². The van der Waals surface area contributed by atoms with E-state index in [-0.39, 0.29) is 18.1 Å². The van der Waals surface area contributed by atoms with Gasteiger partial charge in [0.1, 0.15) is 18.1 Å². The van der Waals surface area contributed by atoms with Crippen LogP contribution in [0.15, 0.2) is 30.5 Å². The first-order valence-electron chi connectivity index (χ1n) is 11.1. The molecule has 3 amide bonds. The van der Waals surface area contributed by atoms with Gasteiger partial charge in [-0.2, -0.15) is 12.6 Å². The third-order valence-electron chi connectivity index (χ3n) is 5.34. The molecule has 4 atom stereocenters. The number of nitrogens with one attached hydrogen (secondary N) is 4. The Morgan fingerprint density at radius 3 is 2.26 bits per heavy atom. The van der Waals surface area contributed by atoms with Crippen molar-refractivity contribution in [2.75, 3.05) is 5.75 Å². The van der Waals surface area contributed by atoms with Crippen LogP contribution < -0.4 is 21.7 Å². The molecule has 0 spiro atoms. The van der Waals surface area contributed by atoms with Crippen LogP contribution in [0, 0.1) is 5.92 Å². The minimum absolute atomic E-state index is 0.0746. The van der Waals surface area contributed by atoms with E-state index < -0.39 is 47.9 Å². The second-order valence-corrected chi connectivity index (χ2v) is 9.04. The monoisotopic (exact) mass is 491 g/mol. The highest BCUT2D eigenvalue weighted by atomic mass is 32.1. The van der Waals surface area contributed by atoms with Crippen LogP contribution in [0.1, 0.15) is 32.8 Å². The molecule has 4 unspecified atom stereocenters. The summed E-state index contributed by atoms with van der Waals surface area (Å²) < 4.78 is 0. The molecule has 0 fully saturated rings. The number of thiol groups is 1. The molecule has 7 N–H and O–H groups in total. The van der Waals surface area contributed by atoms with Gasteiger partial charge < -0.3 is 31.8 Å². The zero-order valence-corrected chi connectivity index (χ0v) is 20.4. The molecule has 0 aliphatic carbocycles. The SMILES string of the molecule is CC(C)CC(NC(=O)C(N)Cc1c[nH]c2ccccc12)C(=O)NC(C)C(=O)NC(CS)C(=O)O. The van der Waals surface area contributed by atoms with Crippen LogP contribution >= 0.6 is 12.6 Å². The van der Waals surface area contributed by atoms with Crippen molar-refractivity contribution in [3.8, 4) is 0 Å². The summed E-state index contributed by atoms with van der Waals surface area (Å²) in [6.07, 6.45) is 2.43. The third-order valence-corrected chi connectivity index (χ3v) is 5.71. The van der Waals surface area contributed by atoms with Gasteiger partial charge in [-0.3, -0.25) is 14.4 Å². The largest absolute Gasteiger partial charge is 0.480 e. The fourth-order valence-electron chi connectivity index (χ4n) is 3.47. The number of aliphatic carboxylic acids is 1. The van der Waals surface area contributed by atoms with Crippen LogP contribution in [0.3, 0.4) is 0 Å². The van der Waals surface area contributed by atoms with Gasteiger partial charge in [0.05, 0.1) is 6.04 Å². The van der Waals surface area contributed by atoms with Gasteiger partial charge in [-0.1, -0.05) is 32.0 Å². The van der Waals surface area contributed by atoms with E-state index in [0.29, 0.717) is 6.42 Å². The molecule has 186 valence electrons. The molecule has 11 heteroatoms. The number of hydrogen-bond acceptors (Lipinski definition) is 6. The molecule has 10 nitrogen and oxygen atoms in total. The summed E-state index contributed by atoms with van der Waals surface area (Å²) in [4.78, 5) is 52.2. The predicted octanol–water partition coefficient (Wildman–Crippen LogP) is 0.573. The lowest BCUT2D eigenvalue weighted by Crippen LogP contribution is -2.56. The highest BCUT2D eigenvalue weighted by Crippen LogP contribution is 2.19. The standard InChI is InChI=1S/C23H33N5O5S/c1-12(2)8-18(22(31)26-13(3)20(29)28-19(11-34)23(32)33)27-21(30)16(24)9-14-10-25-17-7-5-4-6-15(14)17/h4-7,10,12-13,16,18-19,25,34H,8-9,11,24H2,1-3H3,(H,26,31)(H,27,30)(H,28,29)(H,32,33). The average Bonchev–Trinajstić information content (AvgIpc) is 3.18. The fraction of sp³-hybridized carbons (Fsp3) is 0.478. The molecule has 2 aromatic rings. The number of carbonyl (C=O) groups is 4. The van der Waals surface area contributed by atoms with Gasteiger partial charge in [0, 0.05) is 22.9 Å². The summed E-state index contributed by atoms with van der Waals surface area (Å²) in [5, 5.41) is 17.6. The average molecular weight is 492 g/mol. The first kappa shape index (κ1) is 27.2.